The summed E-state index contributed by atoms with van der Waals surface area (Å²) in [6, 6.07) is 7.13. The van der Waals surface area contributed by atoms with Crippen molar-refractivity contribution in [3.05, 3.63) is 48.1 Å². The van der Waals surface area contributed by atoms with Gasteiger partial charge in [-0.05, 0) is 86.3 Å². The first kappa shape index (κ1) is 18.6. The van der Waals surface area contributed by atoms with Crippen LogP contribution in [0.25, 0.3) is 0 Å². The van der Waals surface area contributed by atoms with E-state index in [1.807, 2.05) is 12.1 Å². The van der Waals surface area contributed by atoms with E-state index in [0.717, 1.165) is 24.2 Å². The van der Waals surface area contributed by atoms with Gasteiger partial charge in [-0.25, -0.2) is 8.78 Å². The van der Waals surface area contributed by atoms with Gasteiger partial charge < -0.3 is 0 Å². The first-order valence-electron chi connectivity index (χ1n) is 10.2. The Morgan fingerprint density at radius 3 is 1.84 bits per heavy atom. The quantitative estimate of drug-likeness (QED) is 0.498. The van der Waals surface area contributed by atoms with E-state index < -0.39 is 0 Å². The van der Waals surface area contributed by atoms with Crippen LogP contribution in [0.1, 0.15) is 82.1 Å². The number of benzene rings is 1. The Labute approximate surface area is 151 Å². The first-order valence-corrected chi connectivity index (χ1v) is 10.2. The van der Waals surface area contributed by atoms with Gasteiger partial charge in [0.05, 0.1) is 6.33 Å². The Morgan fingerprint density at radius 2 is 1.28 bits per heavy atom. The summed E-state index contributed by atoms with van der Waals surface area (Å²) >= 11 is 0. The topological polar surface area (TPSA) is 0 Å². The molecule has 2 fully saturated rings. The summed E-state index contributed by atoms with van der Waals surface area (Å²) < 4.78 is 25.2. The molecule has 0 saturated heterocycles. The van der Waals surface area contributed by atoms with Crippen LogP contribution in [-0.2, 0) is 0 Å². The highest BCUT2D eigenvalue weighted by atomic mass is 19.1. The zero-order valence-electron chi connectivity index (χ0n) is 15.3. The van der Waals surface area contributed by atoms with E-state index in [1.54, 1.807) is 18.2 Å². The molecule has 0 atom stereocenters. The van der Waals surface area contributed by atoms with Crippen LogP contribution in [0.2, 0.25) is 0 Å². The van der Waals surface area contributed by atoms with Crippen LogP contribution < -0.4 is 0 Å². The van der Waals surface area contributed by atoms with E-state index in [0.29, 0.717) is 12.2 Å². The van der Waals surface area contributed by atoms with Crippen molar-refractivity contribution in [3.8, 4) is 0 Å². The lowest BCUT2D eigenvalue weighted by Gasteiger charge is -2.32. The van der Waals surface area contributed by atoms with Crippen LogP contribution in [-0.4, -0.2) is 0 Å². The van der Waals surface area contributed by atoms with Gasteiger partial charge in [0.1, 0.15) is 5.82 Å². The van der Waals surface area contributed by atoms with Crippen LogP contribution in [0.4, 0.5) is 8.78 Å². The molecule has 2 aliphatic carbocycles. The van der Waals surface area contributed by atoms with E-state index in [9.17, 15) is 8.78 Å². The van der Waals surface area contributed by atoms with Gasteiger partial charge in [0.2, 0.25) is 0 Å². The Morgan fingerprint density at radius 1 is 0.760 bits per heavy atom. The van der Waals surface area contributed by atoms with E-state index in [1.165, 1.54) is 69.8 Å². The van der Waals surface area contributed by atoms with Gasteiger partial charge >= 0.3 is 0 Å². The van der Waals surface area contributed by atoms with Gasteiger partial charge in [-0.3, -0.25) is 0 Å². The number of hydrogen-bond donors (Lipinski definition) is 0. The minimum Gasteiger partial charge on any atom is -0.216 e. The summed E-state index contributed by atoms with van der Waals surface area (Å²) in [6.45, 7) is 0. The minimum absolute atomic E-state index is 0.132. The van der Waals surface area contributed by atoms with Crippen LogP contribution in [0.15, 0.2) is 36.7 Å². The number of rotatable bonds is 6. The second-order valence-electron chi connectivity index (χ2n) is 8.33. The largest absolute Gasteiger partial charge is 0.216 e. The van der Waals surface area contributed by atoms with Crippen LogP contribution in [0.3, 0.4) is 0 Å². The first-order chi connectivity index (χ1) is 12.2. The molecule has 25 heavy (non-hydrogen) atoms. The van der Waals surface area contributed by atoms with Gasteiger partial charge in [-0.1, -0.05) is 43.9 Å². The molecule has 1 aromatic rings. The lowest BCUT2D eigenvalue weighted by molar-refractivity contribution is 0.231. The van der Waals surface area contributed by atoms with E-state index in [-0.39, 0.29) is 5.82 Å². The van der Waals surface area contributed by atoms with Crippen molar-refractivity contribution in [2.24, 2.45) is 17.8 Å². The third kappa shape index (κ3) is 5.66. The molecule has 138 valence electrons. The molecule has 0 spiro atoms. The Kier molecular flexibility index (Phi) is 7.07. The molecule has 0 amide bonds. The molecule has 0 aromatic heterocycles. The maximum Gasteiger partial charge on any atom is 0.123 e. The van der Waals surface area contributed by atoms with Gasteiger partial charge in [-0.15, -0.1) is 0 Å². The Bertz CT molecular complexity index is 518. The van der Waals surface area contributed by atoms with Gasteiger partial charge in [0.25, 0.3) is 0 Å². The van der Waals surface area contributed by atoms with Crippen molar-refractivity contribution in [1.29, 1.82) is 0 Å². The fourth-order valence-electron chi connectivity index (χ4n) is 4.99. The van der Waals surface area contributed by atoms with Crippen molar-refractivity contribution in [3.63, 3.8) is 0 Å². The van der Waals surface area contributed by atoms with Gasteiger partial charge in [0.15, 0.2) is 0 Å². The molecule has 2 heteroatoms. The Balaban J connectivity index is 1.34. The van der Waals surface area contributed by atoms with Crippen LogP contribution in [0, 0.1) is 23.6 Å². The maximum atomic E-state index is 13.1. The highest BCUT2D eigenvalue weighted by Gasteiger charge is 2.25. The van der Waals surface area contributed by atoms with E-state index in [4.69, 9.17) is 0 Å². The van der Waals surface area contributed by atoms with E-state index >= 15 is 0 Å². The van der Waals surface area contributed by atoms with Crippen LogP contribution in [0.5, 0.6) is 0 Å². The normalized spacial score (nSPS) is 30.6. The zero-order chi connectivity index (χ0) is 17.5. The second-order valence-corrected chi connectivity index (χ2v) is 8.33. The third-order valence-corrected chi connectivity index (χ3v) is 6.70. The molecule has 0 aliphatic heterocycles. The predicted molar refractivity (Wildman–Crippen MR) is 101 cm³/mol. The molecular formula is C23H32F2. The number of halogens is 2. The van der Waals surface area contributed by atoms with Crippen molar-refractivity contribution in [2.45, 2.75) is 76.5 Å². The summed E-state index contributed by atoms with van der Waals surface area (Å²) in [5, 5.41) is 0. The third-order valence-electron chi connectivity index (χ3n) is 6.70. The average molecular weight is 347 g/mol. The summed E-state index contributed by atoms with van der Waals surface area (Å²) in [5.41, 5.74) is 1.32. The molecule has 1 aromatic carbocycles. The number of allylic oxidation sites excluding steroid dienone is 1. The summed E-state index contributed by atoms with van der Waals surface area (Å²) in [6.07, 6.45) is 16.5. The summed E-state index contributed by atoms with van der Waals surface area (Å²) in [4.78, 5) is 0. The fourth-order valence-corrected chi connectivity index (χ4v) is 4.99. The monoisotopic (exact) mass is 346 g/mol. The maximum absolute atomic E-state index is 13.1. The average Bonchev–Trinajstić information content (AvgIpc) is 2.67. The Hall–Kier alpha value is -1.18. The molecule has 2 saturated carbocycles. The molecular weight excluding hydrogens is 314 g/mol. The fraction of sp³-hybridized carbons (Fsp3) is 0.652. The molecule has 0 unspecified atom stereocenters. The standard InChI is InChI=1S/C23H32F2/c24-17-1-2-18-3-5-19(6-4-18)7-8-20-9-11-21(12-10-20)22-13-15-23(25)16-14-22/h1,13-21H,2-12H2/b17-1+. The summed E-state index contributed by atoms with van der Waals surface area (Å²) in [5.74, 6) is 3.02. The van der Waals surface area contributed by atoms with Crippen molar-refractivity contribution in [2.75, 3.05) is 0 Å². The highest BCUT2D eigenvalue weighted by Crippen LogP contribution is 2.40. The second kappa shape index (κ2) is 9.50. The van der Waals surface area contributed by atoms with Crippen molar-refractivity contribution < 1.29 is 8.78 Å². The molecule has 2 aliphatic rings. The lowest BCUT2D eigenvalue weighted by atomic mass is 9.74. The molecule has 0 bridgehead atoms. The van der Waals surface area contributed by atoms with Gasteiger partial charge in [0, 0.05) is 0 Å². The van der Waals surface area contributed by atoms with E-state index in [2.05, 4.69) is 0 Å². The summed E-state index contributed by atoms with van der Waals surface area (Å²) in [7, 11) is 0. The van der Waals surface area contributed by atoms with Gasteiger partial charge in [-0.2, -0.15) is 0 Å². The highest BCUT2D eigenvalue weighted by molar-refractivity contribution is 5.20. The predicted octanol–water partition coefficient (Wildman–Crippen LogP) is 7.56. The van der Waals surface area contributed by atoms with Crippen molar-refractivity contribution in [1.82, 2.24) is 0 Å². The number of hydrogen-bond acceptors (Lipinski definition) is 0. The van der Waals surface area contributed by atoms with Crippen LogP contribution >= 0.6 is 0 Å². The molecule has 0 N–H and O–H groups in total. The molecule has 3 rings (SSSR count). The smallest absolute Gasteiger partial charge is 0.123 e. The zero-order valence-corrected chi connectivity index (χ0v) is 15.3. The minimum atomic E-state index is -0.132. The molecule has 0 radical (unpaired) electrons. The lowest BCUT2D eigenvalue weighted by Crippen LogP contribution is -2.17. The SMILES string of the molecule is F/C=C/CC1CCC(CCC2CCC(c3ccc(F)cc3)CC2)CC1. The molecule has 0 nitrogen and oxygen atoms in total. The van der Waals surface area contributed by atoms with Crippen molar-refractivity contribution >= 4 is 0 Å². The molecule has 0 heterocycles.